The number of rotatable bonds is 3. The lowest BCUT2D eigenvalue weighted by Crippen LogP contribution is -2.02. The van der Waals surface area contributed by atoms with Crippen molar-refractivity contribution in [2.75, 3.05) is 0 Å². The van der Waals surface area contributed by atoms with E-state index in [1.165, 1.54) is 11.1 Å². The largest absolute Gasteiger partial charge is 0.326 e. The van der Waals surface area contributed by atoms with Crippen LogP contribution in [0.1, 0.15) is 41.3 Å². The second-order valence-electron chi connectivity index (χ2n) is 7.14. The number of hydrogen-bond acceptors (Lipinski definition) is 4. The summed E-state index contributed by atoms with van der Waals surface area (Å²) in [6, 6.07) is 8.48. The van der Waals surface area contributed by atoms with Crippen LogP contribution in [0.2, 0.25) is 0 Å². The predicted octanol–water partition coefficient (Wildman–Crippen LogP) is 3.31. The van der Waals surface area contributed by atoms with E-state index in [0.29, 0.717) is 0 Å². The molecule has 0 N–H and O–H groups in total. The zero-order valence-electron chi connectivity index (χ0n) is 15.1. The quantitative estimate of drug-likeness (QED) is 0.504. The maximum atomic E-state index is 4.87. The van der Waals surface area contributed by atoms with E-state index in [1.54, 1.807) is 0 Å². The summed E-state index contributed by atoms with van der Waals surface area (Å²) in [4.78, 5) is 14.0. The molecule has 5 rings (SSSR count). The molecule has 4 aromatic rings. The highest BCUT2D eigenvalue weighted by molar-refractivity contribution is 5.65. The van der Waals surface area contributed by atoms with Gasteiger partial charge in [0.15, 0.2) is 11.5 Å². The second kappa shape index (κ2) is 5.49. The van der Waals surface area contributed by atoms with E-state index in [-0.39, 0.29) is 5.92 Å². The number of fused-ring (bicyclic) bond motifs is 4. The van der Waals surface area contributed by atoms with Gasteiger partial charge in [0, 0.05) is 36.8 Å². The molecule has 0 bridgehead atoms. The van der Waals surface area contributed by atoms with Crippen molar-refractivity contribution >= 4 is 5.65 Å². The molecular formula is C20H20N6. The fraction of sp³-hybridized carbons (Fsp3) is 0.300. The highest BCUT2D eigenvalue weighted by atomic mass is 15.3. The molecule has 0 radical (unpaired) electrons. The van der Waals surface area contributed by atoms with Gasteiger partial charge in [-0.2, -0.15) is 5.10 Å². The topological polar surface area (TPSA) is 60.9 Å². The van der Waals surface area contributed by atoms with Crippen molar-refractivity contribution in [3.63, 3.8) is 0 Å². The van der Waals surface area contributed by atoms with Crippen LogP contribution in [-0.4, -0.2) is 29.1 Å². The minimum Gasteiger partial charge on any atom is -0.326 e. The lowest BCUT2D eigenvalue weighted by atomic mass is 10.1. The average Bonchev–Trinajstić information content (AvgIpc) is 3.31. The van der Waals surface area contributed by atoms with Crippen LogP contribution in [0.4, 0.5) is 0 Å². The Hall–Kier alpha value is -3.02. The summed E-state index contributed by atoms with van der Waals surface area (Å²) in [5.41, 5.74) is 6.42. The highest BCUT2D eigenvalue weighted by Crippen LogP contribution is 2.31. The minimum atomic E-state index is 0.194. The van der Waals surface area contributed by atoms with E-state index in [9.17, 15) is 0 Å². The normalized spacial score (nSPS) is 13.8. The molecule has 6 heteroatoms. The fourth-order valence-corrected chi connectivity index (χ4v) is 3.69. The van der Waals surface area contributed by atoms with Crippen LogP contribution in [0.25, 0.3) is 17.0 Å². The highest BCUT2D eigenvalue weighted by Gasteiger charge is 2.22. The van der Waals surface area contributed by atoms with Gasteiger partial charge in [0.2, 0.25) is 0 Å². The maximum Gasteiger partial charge on any atom is 0.177 e. The van der Waals surface area contributed by atoms with Crippen LogP contribution < -0.4 is 0 Å². The van der Waals surface area contributed by atoms with Crippen molar-refractivity contribution in [3.8, 4) is 11.4 Å². The van der Waals surface area contributed by atoms with Crippen LogP contribution in [0, 0.1) is 13.8 Å². The molecule has 4 heterocycles. The SMILES string of the molecule is Cc1ncc(C)n2nc([C@H](C)Cc3cn4c(n3)-c3ccccc3C4)nc12. The molecule has 0 saturated carbocycles. The van der Waals surface area contributed by atoms with Gasteiger partial charge in [-0.05, 0) is 19.4 Å². The Bertz CT molecular complexity index is 1100. The Morgan fingerprint density at radius 2 is 2.00 bits per heavy atom. The van der Waals surface area contributed by atoms with Crippen LogP contribution in [0.5, 0.6) is 0 Å². The third-order valence-corrected chi connectivity index (χ3v) is 5.11. The molecule has 130 valence electrons. The Labute approximate surface area is 151 Å². The first kappa shape index (κ1) is 15.3. The lowest BCUT2D eigenvalue weighted by molar-refractivity contribution is 0.681. The molecule has 6 nitrogen and oxygen atoms in total. The molecule has 26 heavy (non-hydrogen) atoms. The van der Waals surface area contributed by atoms with E-state index in [1.807, 2.05) is 24.6 Å². The minimum absolute atomic E-state index is 0.194. The molecule has 0 amide bonds. The van der Waals surface area contributed by atoms with Crippen LogP contribution in [0.3, 0.4) is 0 Å². The van der Waals surface area contributed by atoms with Gasteiger partial charge < -0.3 is 4.57 Å². The number of benzene rings is 1. The Balaban J connectivity index is 1.45. The van der Waals surface area contributed by atoms with Gasteiger partial charge in [-0.25, -0.2) is 14.5 Å². The maximum absolute atomic E-state index is 4.87. The molecular weight excluding hydrogens is 324 g/mol. The van der Waals surface area contributed by atoms with Crippen molar-refractivity contribution in [1.82, 2.24) is 29.1 Å². The number of hydrogen-bond donors (Lipinski definition) is 0. The van der Waals surface area contributed by atoms with Crippen molar-refractivity contribution in [2.45, 2.75) is 39.7 Å². The summed E-state index contributed by atoms with van der Waals surface area (Å²) < 4.78 is 4.12. The van der Waals surface area contributed by atoms with Gasteiger partial charge in [-0.1, -0.05) is 31.2 Å². The van der Waals surface area contributed by atoms with E-state index in [2.05, 4.69) is 46.9 Å². The van der Waals surface area contributed by atoms with Crippen LogP contribution >= 0.6 is 0 Å². The lowest BCUT2D eigenvalue weighted by Gasteiger charge is -2.04. The smallest absolute Gasteiger partial charge is 0.177 e. The zero-order chi connectivity index (χ0) is 17.8. The molecule has 1 aliphatic heterocycles. The van der Waals surface area contributed by atoms with E-state index in [4.69, 9.17) is 15.1 Å². The first-order valence-electron chi connectivity index (χ1n) is 8.93. The average molecular weight is 344 g/mol. The number of imidazole rings is 1. The molecule has 3 aromatic heterocycles. The van der Waals surface area contributed by atoms with Crippen molar-refractivity contribution < 1.29 is 0 Å². The third-order valence-electron chi connectivity index (χ3n) is 5.11. The fourth-order valence-electron chi connectivity index (χ4n) is 3.69. The molecule has 0 fully saturated rings. The monoisotopic (exact) mass is 344 g/mol. The summed E-state index contributed by atoms with van der Waals surface area (Å²) in [6.07, 6.45) is 4.83. The van der Waals surface area contributed by atoms with E-state index >= 15 is 0 Å². The van der Waals surface area contributed by atoms with Gasteiger partial charge >= 0.3 is 0 Å². The molecule has 0 saturated heterocycles. The summed E-state index contributed by atoms with van der Waals surface area (Å²) in [5.74, 6) is 2.11. The Morgan fingerprint density at radius 1 is 1.15 bits per heavy atom. The summed E-state index contributed by atoms with van der Waals surface area (Å²) in [7, 11) is 0. The summed E-state index contributed by atoms with van der Waals surface area (Å²) in [5, 5.41) is 4.70. The van der Waals surface area contributed by atoms with Crippen molar-refractivity contribution in [3.05, 3.63) is 65.1 Å². The summed E-state index contributed by atoms with van der Waals surface area (Å²) in [6.45, 7) is 7.03. The molecule has 1 aliphatic rings. The summed E-state index contributed by atoms with van der Waals surface area (Å²) >= 11 is 0. The van der Waals surface area contributed by atoms with Crippen LogP contribution in [0.15, 0.2) is 36.7 Å². The molecule has 0 aliphatic carbocycles. The molecule has 1 aromatic carbocycles. The van der Waals surface area contributed by atoms with Gasteiger partial charge in [0.25, 0.3) is 0 Å². The predicted molar refractivity (Wildman–Crippen MR) is 99.1 cm³/mol. The van der Waals surface area contributed by atoms with Gasteiger partial charge in [0.1, 0.15) is 5.82 Å². The number of nitrogens with zero attached hydrogens (tertiary/aromatic N) is 6. The number of aromatic nitrogens is 6. The Kier molecular flexibility index (Phi) is 3.22. The van der Waals surface area contributed by atoms with Gasteiger partial charge in [0.05, 0.1) is 17.1 Å². The molecule has 0 spiro atoms. The zero-order valence-corrected chi connectivity index (χ0v) is 15.1. The molecule has 0 unspecified atom stereocenters. The first-order valence-corrected chi connectivity index (χ1v) is 8.93. The first-order chi connectivity index (χ1) is 12.6. The van der Waals surface area contributed by atoms with Crippen molar-refractivity contribution in [1.29, 1.82) is 0 Å². The van der Waals surface area contributed by atoms with E-state index < -0.39 is 0 Å². The second-order valence-corrected chi connectivity index (χ2v) is 7.14. The standard InChI is InChI=1S/C20H20N6/c1-12(18-23-19-14(3)21-9-13(2)26(19)24-18)8-16-11-25-10-15-6-4-5-7-17(15)20(25)22-16/h4-7,9,11-12H,8,10H2,1-3H3/t12-/m1/s1. The van der Waals surface area contributed by atoms with E-state index in [0.717, 1.165) is 47.3 Å². The number of aryl methyl sites for hydroxylation is 2. The molecule has 1 atom stereocenters. The third kappa shape index (κ3) is 2.25. The van der Waals surface area contributed by atoms with Crippen LogP contribution in [-0.2, 0) is 13.0 Å². The van der Waals surface area contributed by atoms with Gasteiger partial charge in [-0.15, -0.1) is 0 Å². The van der Waals surface area contributed by atoms with Gasteiger partial charge in [-0.3, -0.25) is 4.98 Å². The van der Waals surface area contributed by atoms with Crippen molar-refractivity contribution in [2.24, 2.45) is 0 Å². The Morgan fingerprint density at radius 3 is 2.85 bits per heavy atom.